The molecule has 0 bridgehead atoms. The summed E-state index contributed by atoms with van der Waals surface area (Å²) in [6, 6.07) is 1.69. The van der Waals surface area contributed by atoms with E-state index in [1.807, 2.05) is 6.92 Å². The van der Waals surface area contributed by atoms with Crippen molar-refractivity contribution >= 4 is 17.7 Å². The molecule has 0 aliphatic heterocycles. The number of ether oxygens (including phenoxy) is 1. The van der Waals surface area contributed by atoms with Gasteiger partial charge in [-0.1, -0.05) is 23.8 Å². The molecule has 0 amide bonds. The van der Waals surface area contributed by atoms with Crippen LogP contribution in [0.4, 0.5) is 0 Å². The number of hydrogen-bond donors (Lipinski definition) is 2. The van der Waals surface area contributed by atoms with E-state index in [-0.39, 0.29) is 5.75 Å². The average molecular weight is 228 g/mol. The molecule has 0 saturated carbocycles. The summed E-state index contributed by atoms with van der Waals surface area (Å²) >= 11 is 6.06. The molecule has 0 heterocycles. The molecular formula is C11H14ClNO2. The number of methoxy groups -OCH3 is 1. The predicted molar refractivity (Wildman–Crippen MR) is 62.5 cm³/mol. The minimum Gasteiger partial charge on any atom is -0.504 e. The van der Waals surface area contributed by atoms with Gasteiger partial charge in [0.05, 0.1) is 12.1 Å². The highest BCUT2D eigenvalue weighted by Gasteiger charge is 2.12. The van der Waals surface area contributed by atoms with Crippen molar-refractivity contribution in [2.75, 3.05) is 13.7 Å². The summed E-state index contributed by atoms with van der Waals surface area (Å²) in [6.45, 7) is 2.25. The Morgan fingerprint density at radius 2 is 2.27 bits per heavy atom. The van der Waals surface area contributed by atoms with Crippen LogP contribution in [-0.2, 0) is 0 Å². The Morgan fingerprint density at radius 1 is 1.60 bits per heavy atom. The smallest absolute Gasteiger partial charge is 0.166 e. The van der Waals surface area contributed by atoms with Gasteiger partial charge in [-0.25, -0.2) is 0 Å². The van der Waals surface area contributed by atoms with E-state index >= 15 is 0 Å². The van der Waals surface area contributed by atoms with E-state index in [9.17, 15) is 5.11 Å². The molecule has 0 unspecified atom stereocenters. The maximum absolute atomic E-state index is 9.82. The zero-order chi connectivity index (χ0) is 11.4. The van der Waals surface area contributed by atoms with Crippen LogP contribution in [-0.4, -0.2) is 18.8 Å². The predicted octanol–water partition coefficient (Wildman–Crippen LogP) is 2.33. The molecule has 1 aromatic rings. The summed E-state index contributed by atoms with van der Waals surface area (Å²) in [5.41, 5.74) is 6.73. The fourth-order valence-electron chi connectivity index (χ4n) is 1.27. The Hall–Kier alpha value is -1.19. The number of rotatable bonds is 3. The van der Waals surface area contributed by atoms with E-state index in [2.05, 4.69) is 0 Å². The third kappa shape index (κ3) is 2.43. The molecule has 82 valence electrons. The molecular weight excluding hydrogens is 214 g/mol. The Balaban J connectivity index is 3.33. The molecule has 0 radical (unpaired) electrons. The molecule has 1 rings (SSSR count). The maximum Gasteiger partial charge on any atom is 0.166 e. The molecule has 0 spiro atoms. The Kier molecular flexibility index (Phi) is 4.00. The number of phenolic OH excluding ortho intramolecular Hbond substituents is 1. The Labute approximate surface area is 94.1 Å². The summed E-state index contributed by atoms with van der Waals surface area (Å²) in [4.78, 5) is 0. The Morgan fingerprint density at radius 3 is 2.80 bits per heavy atom. The van der Waals surface area contributed by atoms with Crippen molar-refractivity contribution in [2.45, 2.75) is 6.92 Å². The number of aryl methyl sites for hydroxylation is 1. The van der Waals surface area contributed by atoms with Crippen LogP contribution in [0.2, 0.25) is 5.02 Å². The van der Waals surface area contributed by atoms with Gasteiger partial charge in [0, 0.05) is 12.1 Å². The lowest BCUT2D eigenvalue weighted by Crippen LogP contribution is -1.93. The highest BCUT2D eigenvalue weighted by molar-refractivity contribution is 6.33. The van der Waals surface area contributed by atoms with E-state index in [0.717, 1.165) is 5.56 Å². The number of phenols is 1. The van der Waals surface area contributed by atoms with Gasteiger partial charge >= 0.3 is 0 Å². The number of halogens is 1. The van der Waals surface area contributed by atoms with E-state index in [4.69, 9.17) is 22.1 Å². The third-order valence-corrected chi connectivity index (χ3v) is 2.56. The average Bonchev–Trinajstić information content (AvgIpc) is 2.23. The third-order valence-electron chi connectivity index (χ3n) is 2.06. The fraction of sp³-hybridized carbons (Fsp3) is 0.273. The zero-order valence-electron chi connectivity index (χ0n) is 8.75. The van der Waals surface area contributed by atoms with Gasteiger partial charge in [-0.3, -0.25) is 0 Å². The van der Waals surface area contributed by atoms with Crippen LogP contribution < -0.4 is 10.5 Å². The van der Waals surface area contributed by atoms with Gasteiger partial charge < -0.3 is 15.6 Å². The minimum atomic E-state index is 0.0396. The molecule has 4 heteroatoms. The number of benzene rings is 1. The van der Waals surface area contributed by atoms with Crippen molar-refractivity contribution in [3.63, 3.8) is 0 Å². The molecule has 3 nitrogen and oxygen atoms in total. The van der Waals surface area contributed by atoms with Gasteiger partial charge in [0.2, 0.25) is 0 Å². The highest BCUT2D eigenvalue weighted by Crippen LogP contribution is 2.38. The number of nitrogens with two attached hydrogens (primary N) is 1. The first-order valence-corrected chi connectivity index (χ1v) is 4.92. The van der Waals surface area contributed by atoms with E-state index in [0.29, 0.717) is 22.9 Å². The molecule has 0 aliphatic rings. The van der Waals surface area contributed by atoms with Gasteiger partial charge in [0.25, 0.3) is 0 Å². The minimum absolute atomic E-state index is 0.0396. The molecule has 0 aromatic heterocycles. The fourth-order valence-corrected chi connectivity index (χ4v) is 1.48. The highest BCUT2D eigenvalue weighted by atomic mass is 35.5. The quantitative estimate of drug-likeness (QED) is 0.834. The Bertz CT molecular complexity index is 389. The molecule has 15 heavy (non-hydrogen) atoms. The summed E-state index contributed by atoms with van der Waals surface area (Å²) in [6.07, 6.45) is 3.41. The standard InChI is InChI=1S/C11H14ClNO2/c1-7-6-9(15-2)11(14)8(10(7)12)4-3-5-13/h3-4,6,14H,5,13H2,1-2H3/b4-3+. The van der Waals surface area contributed by atoms with Crippen molar-refractivity contribution in [3.8, 4) is 11.5 Å². The molecule has 0 aliphatic carbocycles. The first-order chi connectivity index (χ1) is 7.11. The van der Waals surface area contributed by atoms with Crippen molar-refractivity contribution in [2.24, 2.45) is 5.73 Å². The normalized spacial score (nSPS) is 10.9. The van der Waals surface area contributed by atoms with Crippen LogP contribution in [0.5, 0.6) is 11.5 Å². The monoisotopic (exact) mass is 227 g/mol. The topological polar surface area (TPSA) is 55.5 Å². The largest absolute Gasteiger partial charge is 0.504 e. The lowest BCUT2D eigenvalue weighted by Gasteiger charge is -2.10. The molecule has 0 atom stereocenters. The van der Waals surface area contributed by atoms with Gasteiger partial charge in [-0.15, -0.1) is 0 Å². The van der Waals surface area contributed by atoms with Crippen molar-refractivity contribution in [1.82, 2.24) is 0 Å². The lowest BCUT2D eigenvalue weighted by molar-refractivity contribution is 0.372. The second-order valence-electron chi connectivity index (χ2n) is 3.11. The van der Waals surface area contributed by atoms with Crippen molar-refractivity contribution in [1.29, 1.82) is 0 Å². The molecule has 1 aromatic carbocycles. The SMILES string of the molecule is COc1cc(C)c(Cl)c(/C=C/CN)c1O. The van der Waals surface area contributed by atoms with Crippen LogP contribution in [0.15, 0.2) is 12.1 Å². The first-order valence-electron chi connectivity index (χ1n) is 4.54. The summed E-state index contributed by atoms with van der Waals surface area (Å²) in [5.74, 6) is 0.450. The zero-order valence-corrected chi connectivity index (χ0v) is 9.51. The summed E-state index contributed by atoms with van der Waals surface area (Å²) in [7, 11) is 1.50. The second kappa shape index (κ2) is 5.05. The second-order valence-corrected chi connectivity index (χ2v) is 3.49. The van der Waals surface area contributed by atoms with Crippen LogP contribution in [0.25, 0.3) is 6.08 Å². The van der Waals surface area contributed by atoms with E-state index in [1.54, 1.807) is 18.2 Å². The number of hydrogen-bond acceptors (Lipinski definition) is 3. The molecule has 0 fully saturated rings. The van der Waals surface area contributed by atoms with Gasteiger partial charge in [0.15, 0.2) is 11.5 Å². The molecule has 3 N–H and O–H groups in total. The number of aromatic hydroxyl groups is 1. The van der Waals surface area contributed by atoms with Crippen LogP contribution in [0, 0.1) is 6.92 Å². The van der Waals surface area contributed by atoms with Crippen LogP contribution in [0.1, 0.15) is 11.1 Å². The molecule has 0 saturated heterocycles. The van der Waals surface area contributed by atoms with Crippen molar-refractivity contribution in [3.05, 3.63) is 28.3 Å². The van der Waals surface area contributed by atoms with Crippen molar-refractivity contribution < 1.29 is 9.84 Å². The van der Waals surface area contributed by atoms with E-state index < -0.39 is 0 Å². The maximum atomic E-state index is 9.82. The van der Waals surface area contributed by atoms with Crippen LogP contribution >= 0.6 is 11.6 Å². The summed E-state index contributed by atoms with van der Waals surface area (Å²) in [5, 5.41) is 10.3. The lowest BCUT2D eigenvalue weighted by atomic mass is 10.1. The van der Waals surface area contributed by atoms with Gasteiger partial charge in [0.1, 0.15) is 0 Å². The van der Waals surface area contributed by atoms with Crippen LogP contribution in [0.3, 0.4) is 0 Å². The summed E-state index contributed by atoms with van der Waals surface area (Å²) < 4.78 is 5.03. The van der Waals surface area contributed by atoms with E-state index in [1.165, 1.54) is 7.11 Å². The van der Waals surface area contributed by atoms with Gasteiger partial charge in [-0.2, -0.15) is 0 Å². The van der Waals surface area contributed by atoms with Gasteiger partial charge in [-0.05, 0) is 18.6 Å². The first kappa shape index (κ1) is 11.9.